The van der Waals surface area contributed by atoms with Gasteiger partial charge in [0.05, 0.1) is 10.5 Å². The predicted octanol–water partition coefficient (Wildman–Crippen LogP) is 3.27. The largest absolute Gasteiger partial charge is 0.337 e. The molecule has 0 saturated carbocycles. The Morgan fingerprint density at radius 3 is 2.81 bits per heavy atom. The molecule has 0 spiro atoms. The van der Waals surface area contributed by atoms with Crippen LogP contribution in [-0.4, -0.2) is 36.0 Å². The zero-order valence-electron chi connectivity index (χ0n) is 14.0. The number of hydrogen-bond donors (Lipinski definition) is 3. The topological polar surface area (TPSA) is 112 Å². The Balaban J connectivity index is 1.68. The number of benzene rings is 1. The third-order valence-corrected chi connectivity index (χ3v) is 4.10. The fourth-order valence-corrected chi connectivity index (χ4v) is 2.76. The van der Waals surface area contributed by atoms with Crippen LogP contribution >= 0.6 is 11.6 Å². The maximum Gasteiger partial charge on any atom is 0.292 e. The molecule has 0 radical (unpaired) electrons. The SMILES string of the molecule is Cc1cnc2nc(-c3cc(NC(=O)c4nc(C)n[nH]4)ccc3Cl)[nH]c2c1. The highest BCUT2D eigenvalue weighted by molar-refractivity contribution is 6.33. The predicted molar refractivity (Wildman–Crippen MR) is 98.1 cm³/mol. The van der Waals surface area contributed by atoms with Crippen LogP contribution in [0.25, 0.3) is 22.6 Å². The molecule has 0 aliphatic carbocycles. The van der Waals surface area contributed by atoms with Gasteiger partial charge in [0.2, 0.25) is 5.82 Å². The number of pyridine rings is 1. The number of nitrogens with zero attached hydrogens (tertiary/aromatic N) is 4. The molecule has 1 amide bonds. The summed E-state index contributed by atoms with van der Waals surface area (Å²) >= 11 is 6.32. The summed E-state index contributed by atoms with van der Waals surface area (Å²) in [6, 6.07) is 7.11. The average Bonchev–Trinajstić information content (AvgIpc) is 3.22. The van der Waals surface area contributed by atoms with Gasteiger partial charge in [-0.3, -0.25) is 9.89 Å². The number of hydrogen-bond acceptors (Lipinski definition) is 5. The number of halogens is 1. The van der Waals surface area contributed by atoms with E-state index in [0.717, 1.165) is 11.1 Å². The summed E-state index contributed by atoms with van der Waals surface area (Å²) in [6.45, 7) is 3.66. The van der Waals surface area contributed by atoms with Crippen LogP contribution in [0.15, 0.2) is 30.5 Å². The summed E-state index contributed by atoms with van der Waals surface area (Å²) in [5.41, 5.74) is 3.68. The zero-order chi connectivity index (χ0) is 18.3. The van der Waals surface area contributed by atoms with Crippen molar-refractivity contribution in [2.45, 2.75) is 13.8 Å². The maximum atomic E-state index is 12.2. The molecule has 4 aromatic rings. The van der Waals surface area contributed by atoms with Crippen molar-refractivity contribution in [3.8, 4) is 11.4 Å². The number of fused-ring (bicyclic) bond motifs is 1. The second-order valence-corrected chi connectivity index (χ2v) is 6.26. The molecule has 0 aliphatic rings. The van der Waals surface area contributed by atoms with Crippen molar-refractivity contribution < 1.29 is 4.79 Å². The van der Waals surface area contributed by atoms with Gasteiger partial charge in [0.15, 0.2) is 5.65 Å². The Morgan fingerprint density at radius 1 is 1.19 bits per heavy atom. The van der Waals surface area contributed by atoms with E-state index in [1.165, 1.54) is 0 Å². The van der Waals surface area contributed by atoms with Gasteiger partial charge < -0.3 is 10.3 Å². The molecule has 130 valence electrons. The minimum absolute atomic E-state index is 0.141. The first-order valence-corrected chi connectivity index (χ1v) is 8.20. The number of rotatable bonds is 3. The molecule has 1 aromatic carbocycles. The molecule has 0 aliphatic heterocycles. The smallest absolute Gasteiger partial charge is 0.292 e. The van der Waals surface area contributed by atoms with E-state index in [1.807, 2.05) is 13.0 Å². The molecule has 0 fully saturated rings. The molecule has 26 heavy (non-hydrogen) atoms. The molecule has 3 heterocycles. The maximum absolute atomic E-state index is 12.2. The van der Waals surface area contributed by atoms with Crippen LogP contribution in [0.5, 0.6) is 0 Å². The first kappa shape index (κ1) is 16.2. The highest BCUT2D eigenvalue weighted by Crippen LogP contribution is 2.30. The van der Waals surface area contributed by atoms with Gasteiger partial charge in [0.1, 0.15) is 11.6 Å². The van der Waals surface area contributed by atoms with E-state index >= 15 is 0 Å². The van der Waals surface area contributed by atoms with Gasteiger partial charge in [0.25, 0.3) is 5.91 Å². The van der Waals surface area contributed by atoms with E-state index in [0.29, 0.717) is 33.6 Å². The fraction of sp³-hybridized carbons (Fsp3) is 0.118. The van der Waals surface area contributed by atoms with Gasteiger partial charge >= 0.3 is 0 Å². The van der Waals surface area contributed by atoms with Crippen LogP contribution in [0, 0.1) is 13.8 Å². The summed E-state index contributed by atoms with van der Waals surface area (Å²) in [5, 5.41) is 9.70. The number of nitrogens with one attached hydrogen (secondary N) is 3. The van der Waals surface area contributed by atoms with Crippen molar-refractivity contribution in [3.63, 3.8) is 0 Å². The van der Waals surface area contributed by atoms with Crippen LogP contribution in [-0.2, 0) is 0 Å². The molecule has 0 unspecified atom stereocenters. The molecule has 9 heteroatoms. The second-order valence-electron chi connectivity index (χ2n) is 5.85. The van der Waals surface area contributed by atoms with Crippen LogP contribution < -0.4 is 5.32 Å². The highest BCUT2D eigenvalue weighted by Gasteiger charge is 2.14. The van der Waals surface area contributed by atoms with Gasteiger partial charge in [-0.25, -0.2) is 15.0 Å². The van der Waals surface area contributed by atoms with E-state index in [-0.39, 0.29) is 11.7 Å². The van der Waals surface area contributed by atoms with Crippen molar-refractivity contribution >= 4 is 34.4 Å². The number of amides is 1. The average molecular weight is 368 g/mol. The third kappa shape index (κ3) is 3.02. The number of aryl methyl sites for hydroxylation is 2. The van der Waals surface area contributed by atoms with Crippen molar-refractivity contribution in [3.05, 3.63) is 52.7 Å². The van der Waals surface area contributed by atoms with E-state index in [1.54, 1.807) is 31.3 Å². The normalized spacial score (nSPS) is 11.0. The number of aromatic amines is 2. The van der Waals surface area contributed by atoms with Crippen molar-refractivity contribution in [1.29, 1.82) is 0 Å². The third-order valence-electron chi connectivity index (χ3n) is 3.77. The molecule has 0 bridgehead atoms. The Morgan fingerprint density at radius 2 is 2.04 bits per heavy atom. The zero-order valence-corrected chi connectivity index (χ0v) is 14.7. The van der Waals surface area contributed by atoms with E-state index in [2.05, 4.69) is 35.5 Å². The summed E-state index contributed by atoms with van der Waals surface area (Å²) in [5.74, 6) is 0.829. The number of anilines is 1. The Kier molecular flexibility index (Phi) is 3.89. The van der Waals surface area contributed by atoms with Crippen molar-refractivity contribution in [2.24, 2.45) is 0 Å². The quantitative estimate of drug-likeness (QED) is 0.514. The molecule has 0 atom stereocenters. The lowest BCUT2D eigenvalue weighted by Crippen LogP contribution is -2.13. The van der Waals surface area contributed by atoms with Crippen molar-refractivity contribution in [2.75, 3.05) is 5.32 Å². The Hall–Kier alpha value is -3.26. The van der Waals surface area contributed by atoms with Crippen LogP contribution in [0.2, 0.25) is 5.02 Å². The van der Waals surface area contributed by atoms with Gasteiger partial charge in [-0.2, -0.15) is 5.10 Å². The van der Waals surface area contributed by atoms with Gasteiger partial charge in [0, 0.05) is 17.4 Å². The lowest BCUT2D eigenvalue weighted by molar-refractivity contribution is 0.101. The summed E-state index contributed by atoms with van der Waals surface area (Å²) < 4.78 is 0. The van der Waals surface area contributed by atoms with Crippen LogP contribution in [0.1, 0.15) is 22.0 Å². The van der Waals surface area contributed by atoms with Gasteiger partial charge in [-0.15, -0.1) is 0 Å². The summed E-state index contributed by atoms with van der Waals surface area (Å²) in [7, 11) is 0. The number of carbonyl (C=O) groups is 1. The first-order chi connectivity index (χ1) is 12.5. The number of H-pyrrole nitrogens is 2. The molecule has 4 rings (SSSR count). The summed E-state index contributed by atoms with van der Waals surface area (Å²) in [6.07, 6.45) is 1.75. The number of aromatic nitrogens is 6. The van der Waals surface area contributed by atoms with E-state index < -0.39 is 0 Å². The first-order valence-electron chi connectivity index (χ1n) is 7.82. The Labute approximate surface area is 153 Å². The minimum Gasteiger partial charge on any atom is -0.337 e. The monoisotopic (exact) mass is 367 g/mol. The molecule has 8 nitrogen and oxygen atoms in total. The number of carbonyl (C=O) groups excluding carboxylic acids is 1. The molecular weight excluding hydrogens is 354 g/mol. The molecule has 3 aromatic heterocycles. The molecule has 3 N–H and O–H groups in total. The fourth-order valence-electron chi connectivity index (χ4n) is 2.55. The van der Waals surface area contributed by atoms with E-state index in [4.69, 9.17) is 11.6 Å². The van der Waals surface area contributed by atoms with E-state index in [9.17, 15) is 4.79 Å². The van der Waals surface area contributed by atoms with Crippen LogP contribution in [0.3, 0.4) is 0 Å². The lowest BCUT2D eigenvalue weighted by atomic mass is 10.2. The number of imidazole rings is 1. The van der Waals surface area contributed by atoms with Gasteiger partial charge in [-0.1, -0.05) is 11.6 Å². The molecular formula is C17H14ClN7O. The highest BCUT2D eigenvalue weighted by atomic mass is 35.5. The minimum atomic E-state index is -0.388. The Bertz CT molecular complexity index is 1130. The lowest BCUT2D eigenvalue weighted by Gasteiger charge is -2.06. The van der Waals surface area contributed by atoms with Crippen LogP contribution in [0.4, 0.5) is 5.69 Å². The summed E-state index contributed by atoms with van der Waals surface area (Å²) in [4.78, 5) is 28.2. The second kappa shape index (κ2) is 6.23. The van der Waals surface area contributed by atoms with Gasteiger partial charge in [-0.05, 0) is 43.7 Å². The molecule has 0 saturated heterocycles. The standard InChI is InChI=1S/C17H14ClN7O/c1-8-5-13-15(19-7-8)23-14(22-13)11-6-10(3-4-12(11)18)21-17(26)16-20-9(2)24-25-16/h3-7H,1-2H3,(H,21,26)(H,19,22,23)(H,20,24,25). The van der Waals surface area contributed by atoms with Crippen molar-refractivity contribution in [1.82, 2.24) is 30.1 Å².